The Kier molecular flexibility index (Phi) is 3.75. The third kappa shape index (κ3) is 3.11. The van der Waals surface area contributed by atoms with Crippen LogP contribution < -0.4 is 5.32 Å². The summed E-state index contributed by atoms with van der Waals surface area (Å²) in [5.74, 6) is 0.748. The van der Waals surface area contributed by atoms with Crippen molar-refractivity contribution in [3.05, 3.63) is 29.7 Å². The van der Waals surface area contributed by atoms with E-state index in [1.165, 1.54) is 18.4 Å². The number of hydrogen-bond donors (Lipinski definition) is 1. The Morgan fingerprint density at radius 3 is 3.11 bits per heavy atom. The lowest BCUT2D eigenvalue weighted by Crippen LogP contribution is -2.27. The van der Waals surface area contributed by atoms with Gasteiger partial charge in [-0.1, -0.05) is 0 Å². The van der Waals surface area contributed by atoms with E-state index in [9.17, 15) is 0 Å². The predicted octanol–water partition coefficient (Wildman–Crippen LogP) is 1.55. The summed E-state index contributed by atoms with van der Waals surface area (Å²) in [4.78, 5) is 4.41. The molecule has 5 nitrogen and oxygen atoms in total. The number of ether oxygens (including phenoxy) is 1. The molecule has 0 amide bonds. The highest BCUT2D eigenvalue weighted by atomic mass is 16.5. The maximum absolute atomic E-state index is 5.37. The number of nitrogens with one attached hydrogen (secondary N) is 1. The number of rotatable bonds is 4. The summed E-state index contributed by atoms with van der Waals surface area (Å²) in [6.45, 7) is 5.70. The van der Waals surface area contributed by atoms with Gasteiger partial charge >= 0.3 is 0 Å². The molecular weight excluding hydrogens is 240 g/mol. The Bertz CT molecular complexity index is 545. The van der Waals surface area contributed by atoms with Crippen molar-refractivity contribution in [2.24, 2.45) is 5.92 Å². The zero-order valence-electron chi connectivity index (χ0n) is 11.3. The van der Waals surface area contributed by atoms with Crippen LogP contribution in [0, 0.1) is 12.8 Å². The first-order valence-electron chi connectivity index (χ1n) is 6.90. The summed E-state index contributed by atoms with van der Waals surface area (Å²) in [6.07, 6.45) is 6.31. The number of hydrogen-bond acceptors (Lipinski definition) is 4. The van der Waals surface area contributed by atoms with E-state index >= 15 is 0 Å². The van der Waals surface area contributed by atoms with Gasteiger partial charge in [0.1, 0.15) is 0 Å². The first-order chi connectivity index (χ1) is 9.31. The summed E-state index contributed by atoms with van der Waals surface area (Å²) in [5, 5.41) is 7.89. The monoisotopic (exact) mass is 260 g/mol. The lowest BCUT2D eigenvalue weighted by molar-refractivity contribution is 0.0662. The topological polar surface area (TPSA) is 51.5 Å². The van der Waals surface area contributed by atoms with Crippen molar-refractivity contribution in [2.45, 2.75) is 26.3 Å². The van der Waals surface area contributed by atoms with Crippen LogP contribution >= 0.6 is 0 Å². The lowest BCUT2D eigenvalue weighted by Gasteiger charge is -2.22. The molecule has 1 N–H and O–H groups in total. The van der Waals surface area contributed by atoms with Gasteiger partial charge in [-0.05, 0) is 32.2 Å². The molecule has 0 bridgehead atoms. The Balaban J connectivity index is 1.55. The lowest BCUT2D eigenvalue weighted by atomic mass is 10.0. The van der Waals surface area contributed by atoms with Crippen LogP contribution in [-0.2, 0) is 11.3 Å². The van der Waals surface area contributed by atoms with E-state index in [1.807, 2.05) is 29.9 Å². The molecule has 0 unspecified atom stereocenters. The van der Waals surface area contributed by atoms with Gasteiger partial charge in [0, 0.05) is 43.8 Å². The van der Waals surface area contributed by atoms with Crippen molar-refractivity contribution in [3.8, 4) is 0 Å². The van der Waals surface area contributed by atoms with E-state index < -0.39 is 0 Å². The molecule has 0 aromatic carbocycles. The van der Waals surface area contributed by atoms with Crippen LogP contribution in [0.1, 0.15) is 24.1 Å². The fourth-order valence-electron chi connectivity index (χ4n) is 2.50. The van der Waals surface area contributed by atoms with Gasteiger partial charge in [0.25, 0.3) is 0 Å². The second kappa shape index (κ2) is 5.67. The van der Waals surface area contributed by atoms with Gasteiger partial charge in [-0.3, -0.25) is 0 Å². The molecular formula is C14H20N4O. The van der Waals surface area contributed by atoms with Crippen LogP contribution in [0.15, 0.2) is 18.5 Å². The molecule has 1 aliphatic heterocycles. The van der Waals surface area contributed by atoms with E-state index in [0.29, 0.717) is 0 Å². The standard InChI is InChI=1S/C14H20N4O/c1-11-6-14-16-9-13(10-18(14)17-11)8-15-7-12-2-4-19-5-3-12/h6,9-10,12,15H,2-5,7-8H2,1H3. The minimum Gasteiger partial charge on any atom is -0.381 e. The zero-order valence-corrected chi connectivity index (χ0v) is 11.3. The van der Waals surface area contributed by atoms with E-state index in [0.717, 1.165) is 43.6 Å². The molecule has 5 heteroatoms. The van der Waals surface area contributed by atoms with E-state index in [1.54, 1.807) is 0 Å². The minimum atomic E-state index is 0.748. The molecule has 0 radical (unpaired) electrons. The van der Waals surface area contributed by atoms with Gasteiger partial charge in [0.15, 0.2) is 5.65 Å². The molecule has 1 fully saturated rings. The van der Waals surface area contributed by atoms with Crippen molar-refractivity contribution >= 4 is 5.65 Å². The Morgan fingerprint density at radius 1 is 1.42 bits per heavy atom. The van der Waals surface area contributed by atoms with Crippen molar-refractivity contribution < 1.29 is 4.74 Å². The highest BCUT2D eigenvalue weighted by Gasteiger charge is 2.12. The summed E-state index contributed by atoms with van der Waals surface area (Å²) >= 11 is 0. The zero-order chi connectivity index (χ0) is 13.1. The number of aryl methyl sites for hydroxylation is 1. The van der Waals surface area contributed by atoms with Crippen molar-refractivity contribution in [1.82, 2.24) is 19.9 Å². The summed E-state index contributed by atoms with van der Waals surface area (Å²) in [5.41, 5.74) is 3.08. The minimum absolute atomic E-state index is 0.748. The molecule has 1 saturated heterocycles. The smallest absolute Gasteiger partial charge is 0.155 e. The van der Waals surface area contributed by atoms with Crippen LogP contribution in [-0.4, -0.2) is 34.4 Å². The largest absolute Gasteiger partial charge is 0.381 e. The van der Waals surface area contributed by atoms with Crippen LogP contribution in [0.2, 0.25) is 0 Å². The second-order valence-corrected chi connectivity index (χ2v) is 5.24. The maximum atomic E-state index is 5.37. The molecule has 2 aromatic rings. The number of aromatic nitrogens is 3. The van der Waals surface area contributed by atoms with Crippen molar-refractivity contribution in [1.29, 1.82) is 0 Å². The Hall–Kier alpha value is -1.46. The normalized spacial score (nSPS) is 17.1. The van der Waals surface area contributed by atoms with Crippen LogP contribution in [0.4, 0.5) is 0 Å². The highest BCUT2D eigenvalue weighted by Crippen LogP contribution is 2.13. The van der Waals surface area contributed by atoms with E-state index in [2.05, 4.69) is 15.4 Å². The van der Waals surface area contributed by atoms with Crippen LogP contribution in [0.3, 0.4) is 0 Å². The molecule has 19 heavy (non-hydrogen) atoms. The van der Waals surface area contributed by atoms with Gasteiger partial charge in [0.05, 0.1) is 5.69 Å². The predicted molar refractivity (Wildman–Crippen MR) is 73.0 cm³/mol. The average Bonchev–Trinajstić information content (AvgIpc) is 2.79. The van der Waals surface area contributed by atoms with Gasteiger partial charge in [-0.25, -0.2) is 9.50 Å². The first kappa shape index (κ1) is 12.6. The first-order valence-corrected chi connectivity index (χ1v) is 6.90. The van der Waals surface area contributed by atoms with Crippen LogP contribution in [0.25, 0.3) is 5.65 Å². The fraction of sp³-hybridized carbons (Fsp3) is 0.571. The second-order valence-electron chi connectivity index (χ2n) is 5.24. The molecule has 102 valence electrons. The van der Waals surface area contributed by atoms with Gasteiger partial charge in [0.2, 0.25) is 0 Å². The summed E-state index contributed by atoms with van der Waals surface area (Å²) in [7, 11) is 0. The van der Waals surface area contributed by atoms with Gasteiger partial charge in [-0.2, -0.15) is 5.10 Å². The van der Waals surface area contributed by atoms with E-state index in [-0.39, 0.29) is 0 Å². The third-order valence-electron chi connectivity index (χ3n) is 3.59. The summed E-state index contributed by atoms with van der Waals surface area (Å²) in [6, 6.07) is 1.99. The highest BCUT2D eigenvalue weighted by molar-refractivity contribution is 5.38. The maximum Gasteiger partial charge on any atom is 0.155 e. The van der Waals surface area contributed by atoms with E-state index in [4.69, 9.17) is 4.74 Å². The van der Waals surface area contributed by atoms with Gasteiger partial charge in [-0.15, -0.1) is 0 Å². The Labute approximate surface area is 113 Å². The molecule has 0 atom stereocenters. The fourth-order valence-corrected chi connectivity index (χ4v) is 2.50. The molecule has 0 saturated carbocycles. The van der Waals surface area contributed by atoms with Gasteiger partial charge < -0.3 is 10.1 Å². The molecule has 0 spiro atoms. The Morgan fingerprint density at radius 2 is 2.26 bits per heavy atom. The quantitative estimate of drug-likeness (QED) is 0.906. The molecule has 0 aliphatic carbocycles. The van der Waals surface area contributed by atoms with Crippen LogP contribution in [0.5, 0.6) is 0 Å². The molecule has 3 rings (SSSR count). The molecule has 2 aromatic heterocycles. The molecule has 1 aliphatic rings. The molecule has 3 heterocycles. The third-order valence-corrected chi connectivity index (χ3v) is 3.59. The SMILES string of the molecule is Cc1cc2ncc(CNCC3CCOCC3)cn2n1. The number of nitrogens with zero attached hydrogens (tertiary/aromatic N) is 3. The average molecular weight is 260 g/mol. The van der Waals surface area contributed by atoms with Crippen molar-refractivity contribution in [2.75, 3.05) is 19.8 Å². The number of fused-ring (bicyclic) bond motifs is 1. The summed E-state index contributed by atoms with van der Waals surface area (Å²) < 4.78 is 7.21. The van der Waals surface area contributed by atoms with Crippen molar-refractivity contribution in [3.63, 3.8) is 0 Å².